The summed E-state index contributed by atoms with van der Waals surface area (Å²) in [5.74, 6) is 0. The first-order valence-corrected chi connectivity index (χ1v) is 10.1. The number of nitrogens with one attached hydrogen (secondary N) is 4. The molecule has 0 heterocycles. The molecule has 0 aromatic heterocycles. The Bertz CT molecular complexity index is 1010. The van der Waals surface area contributed by atoms with E-state index < -0.39 is 0 Å². The zero-order valence-electron chi connectivity index (χ0n) is 16.7. The van der Waals surface area contributed by atoms with Crippen LogP contribution in [0.3, 0.4) is 0 Å². The van der Waals surface area contributed by atoms with Crippen molar-refractivity contribution in [3.05, 3.63) is 83.4 Å². The van der Waals surface area contributed by atoms with E-state index in [9.17, 15) is 0 Å². The molecule has 0 unspecified atom stereocenters. The maximum Gasteiger partial charge on any atom is 0.175 e. The average Bonchev–Trinajstić information content (AvgIpc) is 2.68. The van der Waals surface area contributed by atoms with E-state index >= 15 is 0 Å². The summed E-state index contributed by atoms with van der Waals surface area (Å²) in [5.41, 5.74) is 7.18. The van der Waals surface area contributed by atoms with E-state index in [1.54, 1.807) is 0 Å². The van der Waals surface area contributed by atoms with Gasteiger partial charge < -0.3 is 21.3 Å². The second kappa shape index (κ2) is 9.49. The molecule has 0 aliphatic carbocycles. The van der Waals surface area contributed by atoms with Crippen molar-refractivity contribution in [2.75, 3.05) is 21.3 Å². The van der Waals surface area contributed by atoms with E-state index in [1.165, 1.54) is 11.1 Å². The van der Waals surface area contributed by atoms with Crippen LogP contribution in [-0.4, -0.2) is 10.2 Å². The van der Waals surface area contributed by atoms with Crippen molar-refractivity contribution >= 4 is 57.4 Å². The van der Waals surface area contributed by atoms with Crippen molar-refractivity contribution in [2.24, 2.45) is 0 Å². The summed E-state index contributed by atoms with van der Waals surface area (Å²) in [6.45, 7) is 6.14. The maximum atomic E-state index is 5.46. The number of anilines is 4. The summed E-state index contributed by atoms with van der Waals surface area (Å²) >= 11 is 10.9. The highest BCUT2D eigenvalue weighted by atomic mass is 32.1. The molecule has 0 fully saturated rings. The molecule has 0 aliphatic heterocycles. The number of aryl methyl sites for hydroxylation is 3. The fourth-order valence-corrected chi connectivity index (χ4v) is 3.15. The van der Waals surface area contributed by atoms with Crippen LogP contribution < -0.4 is 21.3 Å². The van der Waals surface area contributed by atoms with Gasteiger partial charge in [0, 0.05) is 22.7 Å². The molecule has 0 aliphatic rings. The Morgan fingerprint density at radius 1 is 0.552 bits per heavy atom. The van der Waals surface area contributed by atoms with Crippen LogP contribution in [0.4, 0.5) is 22.7 Å². The van der Waals surface area contributed by atoms with Gasteiger partial charge in [-0.2, -0.15) is 0 Å². The Kier molecular flexibility index (Phi) is 6.80. The monoisotopic (exact) mass is 420 g/mol. The van der Waals surface area contributed by atoms with E-state index in [0.717, 1.165) is 28.3 Å². The Hall–Kier alpha value is -2.96. The minimum atomic E-state index is 0.531. The van der Waals surface area contributed by atoms with Gasteiger partial charge in [0.05, 0.1) is 0 Å². The first-order valence-electron chi connectivity index (χ1n) is 9.29. The number of hydrogen-bond acceptors (Lipinski definition) is 2. The summed E-state index contributed by atoms with van der Waals surface area (Å²) < 4.78 is 0. The molecule has 0 spiro atoms. The van der Waals surface area contributed by atoms with Gasteiger partial charge in [0.15, 0.2) is 10.2 Å². The molecule has 3 rings (SSSR count). The summed E-state index contributed by atoms with van der Waals surface area (Å²) in [5, 5.41) is 13.9. The van der Waals surface area contributed by atoms with Gasteiger partial charge >= 0.3 is 0 Å². The van der Waals surface area contributed by atoms with Gasteiger partial charge in [-0.3, -0.25) is 0 Å². The third-order valence-electron chi connectivity index (χ3n) is 4.36. The molecule has 3 aromatic carbocycles. The fourth-order valence-electron chi connectivity index (χ4n) is 2.69. The molecule has 0 radical (unpaired) electrons. The first-order chi connectivity index (χ1) is 13.9. The van der Waals surface area contributed by atoms with E-state index in [1.807, 2.05) is 73.7 Å². The van der Waals surface area contributed by atoms with Crippen LogP contribution in [0.5, 0.6) is 0 Å². The molecule has 0 saturated carbocycles. The SMILES string of the molecule is Cc1ccc(NC(=S)Nc2ccc(C)c(NC(=S)Nc3ccc(C)cc3)c2)cc1. The average molecular weight is 421 g/mol. The van der Waals surface area contributed by atoms with Gasteiger partial charge in [-0.05, 0) is 87.2 Å². The van der Waals surface area contributed by atoms with Crippen molar-refractivity contribution in [1.82, 2.24) is 0 Å². The van der Waals surface area contributed by atoms with Crippen molar-refractivity contribution in [3.8, 4) is 0 Å². The number of thiocarbonyl (C=S) groups is 2. The number of benzene rings is 3. The fraction of sp³-hybridized carbons (Fsp3) is 0.130. The highest BCUT2D eigenvalue weighted by Gasteiger charge is 2.05. The summed E-state index contributed by atoms with van der Waals surface area (Å²) in [7, 11) is 0. The topological polar surface area (TPSA) is 48.1 Å². The molecule has 4 nitrogen and oxygen atoms in total. The summed E-state index contributed by atoms with van der Waals surface area (Å²) in [4.78, 5) is 0. The Labute approximate surface area is 182 Å². The van der Waals surface area contributed by atoms with E-state index in [2.05, 4.69) is 35.1 Å². The normalized spacial score (nSPS) is 10.2. The van der Waals surface area contributed by atoms with Crippen LogP contribution in [0.25, 0.3) is 0 Å². The zero-order valence-corrected chi connectivity index (χ0v) is 18.3. The third-order valence-corrected chi connectivity index (χ3v) is 4.77. The standard InChI is InChI=1S/C23H24N4S2/c1-15-4-9-18(10-5-15)24-22(28)26-20-13-8-17(3)21(14-20)27-23(29)25-19-11-6-16(2)7-12-19/h4-14H,1-3H3,(H2,24,26,28)(H2,25,27,29). The minimum Gasteiger partial charge on any atom is -0.332 e. The van der Waals surface area contributed by atoms with Crippen LogP contribution >= 0.6 is 24.4 Å². The largest absolute Gasteiger partial charge is 0.332 e. The lowest BCUT2D eigenvalue weighted by molar-refractivity contribution is 1.44. The van der Waals surface area contributed by atoms with Crippen molar-refractivity contribution in [1.29, 1.82) is 0 Å². The smallest absolute Gasteiger partial charge is 0.175 e. The first kappa shape index (κ1) is 20.8. The Morgan fingerprint density at radius 2 is 0.966 bits per heavy atom. The molecule has 0 saturated heterocycles. The van der Waals surface area contributed by atoms with Gasteiger partial charge in [0.25, 0.3) is 0 Å². The Balaban J connectivity index is 1.62. The molecule has 6 heteroatoms. The number of rotatable bonds is 4. The lowest BCUT2D eigenvalue weighted by atomic mass is 10.2. The van der Waals surface area contributed by atoms with Gasteiger partial charge in [-0.25, -0.2) is 0 Å². The van der Waals surface area contributed by atoms with Crippen molar-refractivity contribution in [3.63, 3.8) is 0 Å². The minimum absolute atomic E-state index is 0.531. The highest BCUT2D eigenvalue weighted by Crippen LogP contribution is 2.21. The van der Waals surface area contributed by atoms with Crippen LogP contribution in [0, 0.1) is 20.8 Å². The quantitative estimate of drug-likeness (QED) is 0.375. The predicted octanol–water partition coefficient (Wildman–Crippen LogP) is 6.23. The lowest BCUT2D eigenvalue weighted by Crippen LogP contribution is -2.21. The summed E-state index contributed by atoms with van der Waals surface area (Å²) in [6, 6.07) is 22.2. The third kappa shape index (κ3) is 6.27. The Morgan fingerprint density at radius 3 is 1.48 bits per heavy atom. The van der Waals surface area contributed by atoms with Gasteiger partial charge in [-0.15, -0.1) is 0 Å². The van der Waals surface area contributed by atoms with Crippen LogP contribution in [0.15, 0.2) is 66.7 Å². The van der Waals surface area contributed by atoms with Crippen LogP contribution in [0.2, 0.25) is 0 Å². The molecule has 3 aromatic rings. The van der Waals surface area contributed by atoms with Crippen LogP contribution in [0.1, 0.15) is 16.7 Å². The lowest BCUT2D eigenvalue weighted by Gasteiger charge is -2.15. The predicted molar refractivity (Wildman–Crippen MR) is 133 cm³/mol. The molecule has 148 valence electrons. The van der Waals surface area contributed by atoms with E-state index in [4.69, 9.17) is 24.4 Å². The zero-order chi connectivity index (χ0) is 20.8. The molecular weight excluding hydrogens is 396 g/mol. The highest BCUT2D eigenvalue weighted by molar-refractivity contribution is 7.81. The van der Waals surface area contributed by atoms with Crippen LogP contribution in [-0.2, 0) is 0 Å². The molecule has 0 amide bonds. The molecule has 0 atom stereocenters. The van der Waals surface area contributed by atoms with Crippen molar-refractivity contribution in [2.45, 2.75) is 20.8 Å². The molecule has 4 N–H and O–H groups in total. The second-order valence-corrected chi connectivity index (χ2v) is 7.74. The molecule has 0 bridgehead atoms. The van der Waals surface area contributed by atoms with E-state index in [-0.39, 0.29) is 0 Å². The molecule has 29 heavy (non-hydrogen) atoms. The van der Waals surface area contributed by atoms with Gasteiger partial charge in [0.2, 0.25) is 0 Å². The van der Waals surface area contributed by atoms with E-state index in [0.29, 0.717) is 10.2 Å². The van der Waals surface area contributed by atoms with Crippen molar-refractivity contribution < 1.29 is 0 Å². The van der Waals surface area contributed by atoms with Gasteiger partial charge in [0.1, 0.15) is 0 Å². The second-order valence-electron chi connectivity index (χ2n) is 6.92. The number of hydrogen-bond donors (Lipinski definition) is 4. The summed E-state index contributed by atoms with van der Waals surface area (Å²) in [6.07, 6.45) is 0. The van der Waals surface area contributed by atoms with Gasteiger partial charge in [-0.1, -0.05) is 41.5 Å². The maximum absolute atomic E-state index is 5.46. The molecular formula is C23H24N4S2.